The summed E-state index contributed by atoms with van der Waals surface area (Å²) in [6, 6.07) is 3.73. The Morgan fingerprint density at radius 1 is 1.39 bits per heavy atom. The van der Waals surface area contributed by atoms with Crippen LogP contribution < -0.4 is 10.1 Å². The molecule has 0 aliphatic rings. The Hall–Kier alpha value is -1.95. The highest BCUT2D eigenvalue weighted by atomic mass is 32.1. The zero-order valence-corrected chi connectivity index (χ0v) is 14.9. The molecular formula is C17H23N3O2S. The van der Waals surface area contributed by atoms with Crippen molar-refractivity contribution < 1.29 is 9.53 Å². The lowest BCUT2D eigenvalue weighted by molar-refractivity contribution is -0.120. The maximum atomic E-state index is 12.1. The average molecular weight is 333 g/mol. The minimum atomic E-state index is -0.0536. The van der Waals surface area contributed by atoms with Gasteiger partial charge in [0.2, 0.25) is 11.8 Å². The van der Waals surface area contributed by atoms with Crippen LogP contribution in [0.5, 0.6) is 5.88 Å². The summed E-state index contributed by atoms with van der Waals surface area (Å²) in [5.41, 5.74) is 1.70. The van der Waals surface area contributed by atoms with Crippen molar-refractivity contribution in [2.75, 3.05) is 6.61 Å². The lowest BCUT2D eigenvalue weighted by atomic mass is 9.98. The second-order valence-electron chi connectivity index (χ2n) is 6.25. The lowest BCUT2D eigenvalue weighted by Gasteiger charge is -2.13. The van der Waals surface area contributed by atoms with Crippen LogP contribution in [0, 0.1) is 0 Å². The van der Waals surface area contributed by atoms with Crippen LogP contribution in [0.2, 0.25) is 0 Å². The predicted molar refractivity (Wildman–Crippen MR) is 91.8 cm³/mol. The maximum absolute atomic E-state index is 12.1. The Morgan fingerprint density at radius 2 is 2.17 bits per heavy atom. The molecule has 0 aliphatic heterocycles. The van der Waals surface area contributed by atoms with Gasteiger partial charge < -0.3 is 10.1 Å². The number of aromatic nitrogens is 2. The van der Waals surface area contributed by atoms with Crippen molar-refractivity contribution in [3.8, 4) is 5.88 Å². The summed E-state index contributed by atoms with van der Waals surface area (Å²) in [5, 5.41) is 5.90. The van der Waals surface area contributed by atoms with Gasteiger partial charge in [0, 0.05) is 29.1 Å². The minimum absolute atomic E-state index is 0.0154. The second-order valence-corrected chi connectivity index (χ2v) is 7.11. The monoisotopic (exact) mass is 333 g/mol. The lowest BCUT2D eigenvalue weighted by Crippen LogP contribution is -2.25. The molecular weight excluding hydrogens is 310 g/mol. The maximum Gasteiger partial charge on any atom is 0.226 e. The highest BCUT2D eigenvalue weighted by Crippen LogP contribution is 2.25. The van der Waals surface area contributed by atoms with Crippen molar-refractivity contribution >= 4 is 17.2 Å². The molecule has 0 spiro atoms. The quantitative estimate of drug-likeness (QED) is 0.882. The van der Waals surface area contributed by atoms with E-state index in [2.05, 4.69) is 36.1 Å². The number of nitrogens with one attached hydrogen (secondary N) is 1. The van der Waals surface area contributed by atoms with Gasteiger partial charge in [-0.25, -0.2) is 9.97 Å². The molecule has 0 saturated heterocycles. The Balaban J connectivity index is 1.92. The first-order valence-electron chi connectivity index (χ1n) is 7.68. The van der Waals surface area contributed by atoms with E-state index in [4.69, 9.17) is 4.74 Å². The molecule has 0 aliphatic carbocycles. The fourth-order valence-corrected chi connectivity index (χ4v) is 2.89. The number of hydrogen-bond acceptors (Lipinski definition) is 5. The Bertz CT molecular complexity index is 662. The van der Waals surface area contributed by atoms with Gasteiger partial charge in [0.15, 0.2) is 0 Å². The van der Waals surface area contributed by atoms with Gasteiger partial charge in [-0.3, -0.25) is 4.79 Å². The van der Waals surface area contributed by atoms with Crippen molar-refractivity contribution in [1.82, 2.24) is 15.3 Å². The van der Waals surface area contributed by atoms with Crippen LogP contribution in [0.15, 0.2) is 23.7 Å². The summed E-state index contributed by atoms with van der Waals surface area (Å²) in [4.78, 5) is 20.8. The van der Waals surface area contributed by atoms with Crippen molar-refractivity contribution in [3.63, 3.8) is 0 Å². The molecule has 0 unspecified atom stereocenters. The van der Waals surface area contributed by atoms with E-state index in [0.29, 0.717) is 19.0 Å². The van der Waals surface area contributed by atoms with Crippen molar-refractivity contribution in [2.24, 2.45) is 0 Å². The SMILES string of the molecule is CCOc1ncccc1CNC(=O)Cc1csc(C(C)(C)C)n1. The van der Waals surface area contributed by atoms with Gasteiger partial charge in [-0.1, -0.05) is 26.8 Å². The Morgan fingerprint density at radius 3 is 2.83 bits per heavy atom. The Labute approximate surface area is 141 Å². The van der Waals surface area contributed by atoms with Crippen molar-refractivity contribution in [3.05, 3.63) is 40.0 Å². The molecule has 1 amide bonds. The molecule has 2 rings (SSSR count). The number of hydrogen-bond donors (Lipinski definition) is 1. The van der Waals surface area contributed by atoms with Gasteiger partial charge in [-0.15, -0.1) is 11.3 Å². The summed E-state index contributed by atoms with van der Waals surface area (Å²) >= 11 is 1.60. The fourth-order valence-electron chi connectivity index (χ4n) is 1.98. The summed E-state index contributed by atoms with van der Waals surface area (Å²) < 4.78 is 5.46. The zero-order chi connectivity index (χ0) is 16.9. The molecule has 6 heteroatoms. The van der Waals surface area contributed by atoms with Crippen LogP contribution >= 0.6 is 11.3 Å². The van der Waals surface area contributed by atoms with Crippen LogP contribution in [0.1, 0.15) is 44.0 Å². The van der Waals surface area contributed by atoms with Gasteiger partial charge >= 0.3 is 0 Å². The third-order valence-electron chi connectivity index (χ3n) is 3.14. The first kappa shape index (κ1) is 17.4. The van der Waals surface area contributed by atoms with Crippen LogP contribution in [-0.4, -0.2) is 22.5 Å². The van der Waals surface area contributed by atoms with Gasteiger partial charge in [-0.05, 0) is 13.0 Å². The van der Waals surface area contributed by atoms with E-state index in [1.807, 2.05) is 24.4 Å². The largest absolute Gasteiger partial charge is 0.478 e. The van der Waals surface area contributed by atoms with Crippen molar-refractivity contribution in [2.45, 2.75) is 46.1 Å². The van der Waals surface area contributed by atoms with Gasteiger partial charge in [0.25, 0.3) is 0 Å². The topological polar surface area (TPSA) is 64.1 Å². The molecule has 2 aromatic heterocycles. The van der Waals surface area contributed by atoms with E-state index in [-0.39, 0.29) is 17.7 Å². The summed E-state index contributed by atoms with van der Waals surface area (Å²) in [6.45, 7) is 9.21. The van der Waals surface area contributed by atoms with Gasteiger partial charge in [0.05, 0.1) is 23.7 Å². The van der Waals surface area contributed by atoms with Gasteiger partial charge in [0.1, 0.15) is 0 Å². The number of amides is 1. The first-order valence-corrected chi connectivity index (χ1v) is 8.56. The van der Waals surface area contributed by atoms with E-state index in [9.17, 15) is 4.79 Å². The first-order chi connectivity index (χ1) is 10.9. The van der Waals surface area contributed by atoms with E-state index in [1.165, 1.54) is 0 Å². The van der Waals surface area contributed by atoms with Gasteiger partial charge in [-0.2, -0.15) is 0 Å². The number of carbonyl (C=O) groups is 1. The van der Waals surface area contributed by atoms with E-state index in [1.54, 1.807) is 17.5 Å². The van der Waals surface area contributed by atoms with Crippen molar-refractivity contribution in [1.29, 1.82) is 0 Å². The van der Waals surface area contributed by atoms with Crippen LogP contribution in [0.25, 0.3) is 0 Å². The number of thiazole rings is 1. The number of nitrogens with zero attached hydrogens (tertiary/aromatic N) is 2. The van der Waals surface area contributed by atoms with E-state index in [0.717, 1.165) is 16.3 Å². The molecule has 0 saturated carbocycles. The summed E-state index contributed by atoms with van der Waals surface area (Å²) in [6.07, 6.45) is 1.97. The molecule has 5 nitrogen and oxygen atoms in total. The van der Waals surface area contributed by atoms with E-state index >= 15 is 0 Å². The summed E-state index contributed by atoms with van der Waals surface area (Å²) in [7, 11) is 0. The van der Waals surface area contributed by atoms with Crippen LogP contribution in [0.3, 0.4) is 0 Å². The zero-order valence-electron chi connectivity index (χ0n) is 14.0. The third-order valence-corrected chi connectivity index (χ3v) is 4.46. The molecule has 0 bridgehead atoms. The second kappa shape index (κ2) is 7.55. The summed E-state index contributed by atoms with van der Waals surface area (Å²) in [5.74, 6) is 0.515. The number of pyridine rings is 1. The van der Waals surface area contributed by atoms with Crippen LogP contribution in [-0.2, 0) is 23.2 Å². The smallest absolute Gasteiger partial charge is 0.226 e. The molecule has 0 fully saturated rings. The molecule has 124 valence electrons. The third kappa shape index (κ3) is 5.03. The van der Waals surface area contributed by atoms with E-state index < -0.39 is 0 Å². The molecule has 23 heavy (non-hydrogen) atoms. The average Bonchev–Trinajstić information content (AvgIpc) is 2.95. The molecule has 2 aromatic rings. The fraction of sp³-hybridized carbons (Fsp3) is 0.471. The van der Waals surface area contributed by atoms with Crippen LogP contribution in [0.4, 0.5) is 0 Å². The normalized spacial score (nSPS) is 11.3. The highest BCUT2D eigenvalue weighted by molar-refractivity contribution is 7.09. The predicted octanol–water partition coefficient (Wildman–Crippen LogP) is 3.09. The standard InChI is InChI=1S/C17H23N3O2S/c1-5-22-15-12(7-6-8-18-15)10-19-14(21)9-13-11-23-16(20-13)17(2,3)4/h6-8,11H,5,9-10H2,1-4H3,(H,19,21). The minimum Gasteiger partial charge on any atom is -0.478 e. The highest BCUT2D eigenvalue weighted by Gasteiger charge is 2.18. The molecule has 0 radical (unpaired) electrons. The molecule has 2 heterocycles. The molecule has 0 aromatic carbocycles. The number of ether oxygens (including phenoxy) is 1. The molecule has 1 N–H and O–H groups in total. The Kier molecular flexibility index (Phi) is 5.71. The molecule has 0 atom stereocenters. The number of rotatable bonds is 6. The number of carbonyl (C=O) groups excluding carboxylic acids is 1.